The summed E-state index contributed by atoms with van der Waals surface area (Å²) >= 11 is 0. The lowest BCUT2D eigenvalue weighted by Crippen LogP contribution is -2.26. The molecule has 1 aromatic carbocycles. The van der Waals surface area contributed by atoms with Crippen molar-refractivity contribution in [3.8, 4) is 5.75 Å². The Kier molecular flexibility index (Phi) is 3.96. The van der Waals surface area contributed by atoms with Gasteiger partial charge in [0.15, 0.2) is 0 Å². The lowest BCUT2D eigenvalue weighted by molar-refractivity contribution is 0.386. The van der Waals surface area contributed by atoms with Crippen LogP contribution in [0.25, 0.3) is 0 Å². The molecule has 0 heterocycles. The van der Waals surface area contributed by atoms with Crippen LogP contribution in [0.15, 0.2) is 18.2 Å². The minimum atomic E-state index is 0.351. The molecule has 0 bridgehead atoms. The number of hydrogen-bond acceptors (Lipinski definition) is 2. The fourth-order valence-corrected chi connectivity index (χ4v) is 2.49. The molecule has 1 saturated carbocycles. The van der Waals surface area contributed by atoms with Crippen molar-refractivity contribution in [1.29, 1.82) is 0 Å². The molecule has 0 aliphatic heterocycles. The maximum absolute atomic E-state index is 5.48. The van der Waals surface area contributed by atoms with E-state index in [0.29, 0.717) is 11.5 Å². The maximum Gasteiger partial charge on any atom is 0.123 e. The van der Waals surface area contributed by atoms with E-state index in [-0.39, 0.29) is 0 Å². The van der Waals surface area contributed by atoms with Crippen molar-refractivity contribution in [2.75, 3.05) is 13.7 Å². The third-order valence-electron chi connectivity index (χ3n) is 4.35. The average molecular weight is 247 g/mol. The van der Waals surface area contributed by atoms with E-state index in [1.807, 2.05) is 0 Å². The Hall–Kier alpha value is -1.02. The van der Waals surface area contributed by atoms with Gasteiger partial charge in [0.2, 0.25) is 0 Å². The van der Waals surface area contributed by atoms with E-state index in [9.17, 15) is 0 Å². The molecule has 0 saturated heterocycles. The quantitative estimate of drug-likeness (QED) is 0.824. The van der Waals surface area contributed by atoms with Gasteiger partial charge in [0.05, 0.1) is 7.11 Å². The minimum Gasteiger partial charge on any atom is -0.496 e. The first-order valence-corrected chi connectivity index (χ1v) is 6.98. The van der Waals surface area contributed by atoms with Gasteiger partial charge in [-0.1, -0.05) is 19.1 Å². The Bertz CT molecular complexity index is 410. The number of hydrogen-bond donors (Lipinski definition) is 1. The van der Waals surface area contributed by atoms with Gasteiger partial charge in [0, 0.05) is 18.2 Å². The molecular weight excluding hydrogens is 222 g/mol. The van der Waals surface area contributed by atoms with Crippen LogP contribution >= 0.6 is 0 Å². The second-order valence-electron chi connectivity index (χ2n) is 5.70. The molecule has 100 valence electrons. The molecule has 0 aromatic heterocycles. The predicted molar refractivity (Wildman–Crippen MR) is 76.1 cm³/mol. The van der Waals surface area contributed by atoms with Crippen LogP contribution in [0.5, 0.6) is 5.75 Å². The lowest BCUT2D eigenvalue weighted by Gasteiger charge is -2.21. The molecule has 2 rings (SSSR count). The summed E-state index contributed by atoms with van der Waals surface area (Å²) in [5, 5.41) is 3.67. The SMILES string of the molecule is CCC1(CNC(C)c2ccc(C)cc2OC)CC1. The average Bonchev–Trinajstić information content (AvgIpc) is 3.16. The molecule has 1 aliphatic rings. The van der Waals surface area contributed by atoms with Gasteiger partial charge in [-0.15, -0.1) is 0 Å². The van der Waals surface area contributed by atoms with Gasteiger partial charge in [-0.25, -0.2) is 0 Å². The van der Waals surface area contributed by atoms with Crippen LogP contribution in [-0.4, -0.2) is 13.7 Å². The predicted octanol–water partition coefficient (Wildman–Crippen LogP) is 3.84. The summed E-state index contributed by atoms with van der Waals surface area (Å²) in [4.78, 5) is 0. The van der Waals surface area contributed by atoms with E-state index in [1.54, 1.807) is 7.11 Å². The summed E-state index contributed by atoms with van der Waals surface area (Å²) in [5.41, 5.74) is 3.09. The van der Waals surface area contributed by atoms with E-state index < -0.39 is 0 Å². The highest BCUT2D eigenvalue weighted by molar-refractivity contribution is 5.39. The van der Waals surface area contributed by atoms with Gasteiger partial charge in [-0.05, 0) is 50.2 Å². The largest absolute Gasteiger partial charge is 0.496 e. The molecule has 1 N–H and O–H groups in total. The standard InChI is InChI=1S/C16H25NO/c1-5-16(8-9-16)11-17-13(3)14-7-6-12(2)10-15(14)18-4/h6-7,10,13,17H,5,8-9,11H2,1-4H3. The first-order valence-electron chi connectivity index (χ1n) is 6.98. The van der Waals surface area contributed by atoms with Crippen molar-refractivity contribution >= 4 is 0 Å². The summed E-state index contributed by atoms with van der Waals surface area (Å²) in [7, 11) is 1.75. The summed E-state index contributed by atoms with van der Waals surface area (Å²) in [5.74, 6) is 0.997. The first kappa shape index (κ1) is 13.4. The molecule has 1 aliphatic carbocycles. The van der Waals surface area contributed by atoms with Gasteiger partial charge in [0.1, 0.15) is 5.75 Å². The molecule has 1 unspecified atom stereocenters. The van der Waals surface area contributed by atoms with E-state index >= 15 is 0 Å². The molecule has 1 atom stereocenters. The van der Waals surface area contributed by atoms with Gasteiger partial charge in [0.25, 0.3) is 0 Å². The van der Waals surface area contributed by atoms with Crippen LogP contribution in [0.2, 0.25) is 0 Å². The zero-order chi connectivity index (χ0) is 13.2. The molecule has 0 amide bonds. The molecule has 1 fully saturated rings. The number of aryl methyl sites for hydroxylation is 1. The van der Waals surface area contributed by atoms with Gasteiger partial charge in [-0.3, -0.25) is 0 Å². The van der Waals surface area contributed by atoms with Gasteiger partial charge in [-0.2, -0.15) is 0 Å². The molecule has 0 radical (unpaired) electrons. The first-order chi connectivity index (χ1) is 8.60. The van der Waals surface area contributed by atoms with Crippen molar-refractivity contribution in [1.82, 2.24) is 5.32 Å². The summed E-state index contributed by atoms with van der Waals surface area (Å²) < 4.78 is 5.48. The molecule has 1 aromatic rings. The van der Waals surface area contributed by atoms with Crippen LogP contribution < -0.4 is 10.1 Å². The fourth-order valence-electron chi connectivity index (χ4n) is 2.49. The minimum absolute atomic E-state index is 0.351. The van der Waals surface area contributed by atoms with Crippen molar-refractivity contribution in [2.45, 2.75) is 46.1 Å². The normalized spacial score (nSPS) is 18.4. The van der Waals surface area contributed by atoms with Crippen LogP contribution in [0.3, 0.4) is 0 Å². The second-order valence-corrected chi connectivity index (χ2v) is 5.70. The number of nitrogens with one attached hydrogen (secondary N) is 1. The van der Waals surface area contributed by atoms with Crippen molar-refractivity contribution < 1.29 is 4.74 Å². The third kappa shape index (κ3) is 2.86. The molecule has 2 heteroatoms. The third-order valence-corrected chi connectivity index (χ3v) is 4.35. The number of methoxy groups -OCH3 is 1. The highest BCUT2D eigenvalue weighted by atomic mass is 16.5. The van der Waals surface area contributed by atoms with Crippen molar-refractivity contribution in [2.24, 2.45) is 5.41 Å². The maximum atomic E-state index is 5.48. The smallest absolute Gasteiger partial charge is 0.123 e. The zero-order valence-corrected chi connectivity index (χ0v) is 12.0. The zero-order valence-electron chi connectivity index (χ0n) is 12.0. The summed E-state index contributed by atoms with van der Waals surface area (Å²) in [6.45, 7) is 7.74. The highest BCUT2D eigenvalue weighted by Gasteiger charge is 2.40. The van der Waals surface area contributed by atoms with Crippen molar-refractivity contribution in [3.63, 3.8) is 0 Å². The Morgan fingerprint density at radius 2 is 2.11 bits per heavy atom. The second kappa shape index (κ2) is 5.31. The Balaban J connectivity index is 2.02. The van der Waals surface area contributed by atoms with E-state index in [4.69, 9.17) is 4.74 Å². The van der Waals surface area contributed by atoms with Crippen molar-refractivity contribution in [3.05, 3.63) is 29.3 Å². The monoisotopic (exact) mass is 247 g/mol. The summed E-state index contributed by atoms with van der Waals surface area (Å²) in [6.07, 6.45) is 4.06. The van der Waals surface area contributed by atoms with Gasteiger partial charge < -0.3 is 10.1 Å². The molecular formula is C16H25NO. The number of rotatable bonds is 6. The fraction of sp³-hybridized carbons (Fsp3) is 0.625. The Morgan fingerprint density at radius 3 is 2.67 bits per heavy atom. The van der Waals surface area contributed by atoms with E-state index in [0.717, 1.165) is 12.3 Å². The molecule has 0 spiro atoms. The van der Waals surface area contributed by atoms with Crippen LogP contribution in [0.1, 0.15) is 50.3 Å². The number of benzene rings is 1. The topological polar surface area (TPSA) is 21.3 Å². The number of ether oxygens (including phenoxy) is 1. The van der Waals surface area contributed by atoms with Crippen LogP contribution in [-0.2, 0) is 0 Å². The Morgan fingerprint density at radius 1 is 1.39 bits per heavy atom. The van der Waals surface area contributed by atoms with Crippen LogP contribution in [0, 0.1) is 12.3 Å². The Labute approximate surface area is 111 Å². The van der Waals surface area contributed by atoms with E-state index in [1.165, 1.54) is 30.4 Å². The highest BCUT2D eigenvalue weighted by Crippen LogP contribution is 2.48. The summed E-state index contributed by atoms with van der Waals surface area (Å²) in [6, 6.07) is 6.80. The molecule has 2 nitrogen and oxygen atoms in total. The molecule has 18 heavy (non-hydrogen) atoms. The van der Waals surface area contributed by atoms with Gasteiger partial charge >= 0.3 is 0 Å². The van der Waals surface area contributed by atoms with E-state index in [2.05, 4.69) is 44.3 Å². The van der Waals surface area contributed by atoms with Crippen LogP contribution in [0.4, 0.5) is 0 Å². The lowest BCUT2D eigenvalue weighted by atomic mass is 10.0.